The lowest BCUT2D eigenvalue weighted by atomic mass is 10.0. The third-order valence-electron chi connectivity index (χ3n) is 3.68. The van der Waals surface area contributed by atoms with Crippen LogP contribution in [0, 0.1) is 6.92 Å². The lowest BCUT2D eigenvalue weighted by Crippen LogP contribution is -2.44. The average molecular weight is 409 g/mol. The van der Waals surface area contributed by atoms with Gasteiger partial charge in [0.05, 0.1) is 5.56 Å². The van der Waals surface area contributed by atoms with Crippen molar-refractivity contribution in [1.82, 2.24) is 15.8 Å². The number of aryl methyl sites for hydroxylation is 1. The fourth-order valence-corrected chi connectivity index (χ4v) is 2.94. The molecular weight excluding hydrogens is 388 g/mol. The number of hydrogen-bond donors (Lipinski definition) is 2. The molecule has 6 nitrogen and oxygen atoms in total. The van der Waals surface area contributed by atoms with Gasteiger partial charge in [-0.25, -0.2) is 4.98 Å². The first kappa shape index (κ1) is 21.6. The Labute approximate surface area is 166 Å². The number of nitrogens with zero attached hydrogens (tertiary/aromatic N) is 1. The van der Waals surface area contributed by atoms with E-state index in [-0.39, 0.29) is 34.9 Å². The molecule has 0 aliphatic carbocycles. The standard InChI is InChI=1S/C19H21F2N3O3S/c1-11(2)13-7-6-12(3)9-15(13)27-10-16(25)23-24-17(26)14-5-4-8-22-18(14)28-19(20)21/h4-9,11,19H,10H2,1-3H3,(H,23,25)(H,24,26). The van der Waals surface area contributed by atoms with Crippen molar-refractivity contribution in [2.24, 2.45) is 0 Å². The van der Waals surface area contributed by atoms with E-state index in [1.807, 2.05) is 39.0 Å². The summed E-state index contributed by atoms with van der Waals surface area (Å²) in [6.07, 6.45) is 1.31. The molecule has 9 heteroatoms. The number of benzene rings is 1. The maximum absolute atomic E-state index is 12.6. The molecular formula is C19H21F2N3O3S. The molecule has 0 saturated carbocycles. The predicted molar refractivity (Wildman–Crippen MR) is 102 cm³/mol. The van der Waals surface area contributed by atoms with Gasteiger partial charge in [0.2, 0.25) is 0 Å². The number of nitrogens with one attached hydrogen (secondary N) is 2. The molecule has 0 unspecified atom stereocenters. The number of halogens is 2. The van der Waals surface area contributed by atoms with E-state index in [1.165, 1.54) is 18.3 Å². The lowest BCUT2D eigenvalue weighted by molar-refractivity contribution is -0.123. The summed E-state index contributed by atoms with van der Waals surface area (Å²) in [4.78, 5) is 27.9. The number of thioether (sulfide) groups is 1. The summed E-state index contributed by atoms with van der Waals surface area (Å²) >= 11 is 0.158. The van der Waals surface area contributed by atoms with Crippen molar-refractivity contribution in [3.05, 3.63) is 53.2 Å². The molecule has 0 radical (unpaired) electrons. The van der Waals surface area contributed by atoms with Crippen LogP contribution in [0.3, 0.4) is 0 Å². The molecule has 0 atom stereocenters. The highest BCUT2D eigenvalue weighted by atomic mass is 32.2. The van der Waals surface area contributed by atoms with E-state index in [0.29, 0.717) is 5.75 Å². The second-order valence-corrected chi connectivity index (χ2v) is 7.20. The molecule has 0 aliphatic rings. The summed E-state index contributed by atoms with van der Waals surface area (Å²) in [5.74, 6) is -3.23. The van der Waals surface area contributed by atoms with E-state index in [4.69, 9.17) is 4.74 Å². The van der Waals surface area contributed by atoms with Crippen LogP contribution in [0.2, 0.25) is 0 Å². The van der Waals surface area contributed by atoms with E-state index in [2.05, 4.69) is 15.8 Å². The van der Waals surface area contributed by atoms with Gasteiger partial charge in [0, 0.05) is 6.20 Å². The lowest BCUT2D eigenvalue weighted by Gasteiger charge is -2.15. The normalized spacial score (nSPS) is 10.8. The number of ether oxygens (including phenoxy) is 1. The van der Waals surface area contributed by atoms with Gasteiger partial charge in [-0.2, -0.15) is 8.78 Å². The summed E-state index contributed by atoms with van der Waals surface area (Å²) in [5.41, 5.74) is 6.29. The number of rotatable bonds is 7. The smallest absolute Gasteiger partial charge is 0.290 e. The molecule has 1 heterocycles. The van der Waals surface area contributed by atoms with Gasteiger partial charge in [0.15, 0.2) is 6.61 Å². The van der Waals surface area contributed by atoms with Gasteiger partial charge in [-0.3, -0.25) is 20.4 Å². The van der Waals surface area contributed by atoms with Crippen LogP contribution in [0.1, 0.15) is 41.3 Å². The van der Waals surface area contributed by atoms with E-state index in [1.54, 1.807) is 0 Å². The molecule has 0 fully saturated rings. The molecule has 150 valence electrons. The van der Waals surface area contributed by atoms with Gasteiger partial charge in [-0.05, 0) is 53.9 Å². The fraction of sp³-hybridized carbons (Fsp3) is 0.316. The van der Waals surface area contributed by atoms with Crippen molar-refractivity contribution >= 4 is 23.6 Å². The zero-order chi connectivity index (χ0) is 20.7. The molecule has 0 aliphatic heterocycles. The van der Waals surface area contributed by atoms with E-state index < -0.39 is 17.6 Å². The highest BCUT2D eigenvalue weighted by Gasteiger charge is 2.17. The Morgan fingerprint density at radius 2 is 1.96 bits per heavy atom. The molecule has 0 spiro atoms. The minimum Gasteiger partial charge on any atom is -0.483 e. The van der Waals surface area contributed by atoms with Gasteiger partial charge in [-0.1, -0.05) is 26.0 Å². The molecule has 1 aromatic heterocycles. The van der Waals surface area contributed by atoms with Gasteiger partial charge < -0.3 is 4.74 Å². The van der Waals surface area contributed by atoms with Crippen LogP contribution >= 0.6 is 11.8 Å². The molecule has 2 N–H and O–H groups in total. The molecule has 2 rings (SSSR count). The van der Waals surface area contributed by atoms with Crippen molar-refractivity contribution in [3.8, 4) is 5.75 Å². The van der Waals surface area contributed by atoms with Gasteiger partial charge in [-0.15, -0.1) is 0 Å². The van der Waals surface area contributed by atoms with Crippen molar-refractivity contribution in [2.75, 3.05) is 6.61 Å². The van der Waals surface area contributed by atoms with Crippen LogP contribution in [-0.4, -0.2) is 29.2 Å². The largest absolute Gasteiger partial charge is 0.483 e. The minimum atomic E-state index is -2.71. The summed E-state index contributed by atoms with van der Waals surface area (Å²) in [5, 5.41) is -0.123. The number of amides is 2. The number of hydrogen-bond acceptors (Lipinski definition) is 5. The van der Waals surface area contributed by atoms with Crippen molar-refractivity contribution in [3.63, 3.8) is 0 Å². The summed E-state index contributed by atoms with van der Waals surface area (Å²) in [7, 11) is 0. The first-order valence-electron chi connectivity index (χ1n) is 8.50. The van der Waals surface area contributed by atoms with Gasteiger partial charge >= 0.3 is 0 Å². The maximum Gasteiger partial charge on any atom is 0.290 e. The number of aromatic nitrogens is 1. The van der Waals surface area contributed by atoms with Gasteiger partial charge in [0.25, 0.3) is 17.6 Å². The zero-order valence-electron chi connectivity index (χ0n) is 15.7. The fourth-order valence-electron chi connectivity index (χ4n) is 2.36. The number of alkyl halides is 2. The quantitative estimate of drug-likeness (QED) is 0.539. The predicted octanol–water partition coefficient (Wildman–Crippen LogP) is 3.67. The highest BCUT2D eigenvalue weighted by molar-refractivity contribution is 7.99. The number of carbonyl (C=O) groups is 2. The second kappa shape index (κ2) is 10.0. The number of hydrazine groups is 1. The Morgan fingerprint density at radius 1 is 1.21 bits per heavy atom. The Balaban J connectivity index is 1.93. The average Bonchev–Trinajstić information content (AvgIpc) is 2.64. The van der Waals surface area contributed by atoms with E-state index in [9.17, 15) is 18.4 Å². The molecule has 0 saturated heterocycles. The first-order chi connectivity index (χ1) is 13.3. The Kier molecular flexibility index (Phi) is 7.74. The Hall–Kier alpha value is -2.68. The van der Waals surface area contributed by atoms with Crippen LogP contribution < -0.4 is 15.6 Å². The maximum atomic E-state index is 12.6. The first-order valence-corrected chi connectivity index (χ1v) is 9.38. The van der Waals surface area contributed by atoms with Crippen molar-refractivity contribution in [2.45, 2.75) is 37.5 Å². The Bertz CT molecular complexity index is 847. The monoisotopic (exact) mass is 409 g/mol. The van der Waals surface area contributed by atoms with Crippen LogP contribution in [0.5, 0.6) is 5.75 Å². The van der Waals surface area contributed by atoms with Gasteiger partial charge in [0.1, 0.15) is 10.8 Å². The summed E-state index contributed by atoms with van der Waals surface area (Å²) < 4.78 is 30.7. The Morgan fingerprint density at radius 3 is 2.64 bits per heavy atom. The third kappa shape index (κ3) is 6.19. The molecule has 2 aromatic rings. The minimum absolute atomic E-state index is 0.0604. The van der Waals surface area contributed by atoms with Crippen LogP contribution in [0.25, 0.3) is 0 Å². The summed E-state index contributed by atoms with van der Waals surface area (Å²) in [6, 6.07) is 8.54. The molecule has 0 bridgehead atoms. The van der Waals surface area contributed by atoms with Crippen LogP contribution in [0.4, 0.5) is 8.78 Å². The molecule has 1 aromatic carbocycles. The zero-order valence-corrected chi connectivity index (χ0v) is 16.5. The molecule has 28 heavy (non-hydrogen) atoms. The topological polar surface area (TPSA) is 80.3 Å². The second-order valence-electron chi connectivity index (χ2n) is 6.22. The number of carbonyl (C=O) groups excluding carboxylic acids is 2. The third-order valence-corrected chi connectivity index (χ3v) is 4.41. The van der Waals surface area contributed by atoms with Crippen molar-refractivity contribution < 1.29 is 23.1 Å². The van der Waals surface area contributed by atoms with E-state index in [0.717, 1.165) is 11.1 Å². The van der Waals surface area contributed by atoms with Crippen LogP contribution in [-0.2, 0) is 4.79 Å². The SMILES string of the molecule is Cc1ccc(C(C)C)c(OCC(=O)NNC(=O)c2cccnc2SC(F)F)c1. The summed E-state index contributed by atoms with van der Waals surface area (Å²) in [6.45, 7) is 5.64. The number of pyridine rings is 1. The van der Waals surface area contributed by atoms with Crippen LogP contribution in [0.15, 0.2) is 41.6 Å². The van der Waals surface area contributed by atoms with Crippen molar-refractivity contribution in [1.29, 1.82) is 0 Å². The highest BCUT2D eigenvalue weighted by Crippen LogP contribution is 2.27. The molecule has 2 amide bonds. The van der Waals surface area contributed by atoms with E-state index >= 15 is 0 Å².